The average Bonchev–Trinajstić information content (AvgIpc) is 2.79. The second-order valence-electron chi connectivity index (χ2n) is 6.63. The van der Waals surface area contributed by atoms with Crippen molar-refractivity contribution in [1.82, 2.24) is 0 Å². The molecule has 1 aromatic rings. The van der Waals surface area contributed by atoms with E-state index in [2.05, 4.69) is 19.9 Å². The highest BCUT2D eigenvalue weighted by Gasteiger charge is 2.36. The van der Waals surface area contributed by atoms with Gasteiger partial charge in [-0.1, -0.05) is 11.6 Å². The van der Waals surface area contributed by atoms with Crippen molar-refractivity contribution in [2.75, 3.05) is 0 Å². The molecule has 3 heteroatoms. The van der Waals surface area contributed by atoms with Crippen molar-refractivity contribution < 1.29 is 14.6 Å². The van der Waals surface area contributed by atoms with E-state index in [-0.39, 0.29) is 11.9 Å². The van der Waals surface area contributed by atoms with Gasteiger partial charge in [0.05, 0.1) is 5.60 Å². The highest BCUT2D eigenvalue weighted by molar-refractivity contribution is 5.94. The summed E-state index contributed by atoms with van der Waals surface area (Å²) in [7, 11) is 0. The van der Waals surface area contributed by atoms with Gasteiger partial charge in [-0.05, 0) is 64.3 Å². The van der Waals surface area contributed by atoms with Crippen LogP contribution in [0, 0.1) is 0 Å². The second-order valence-corrected chi connectivity index (χ2v) is 6.63. The Bertz CT molecular complexity index is 587. The van der Waals surface area contributed by atoms with Crippen LogP contribution in [0.1, 0.15) is 56.1 Å². The molecule has 1 atom stereocenters. The molecule has 0 amide bonds. The molecule has 3 nitrogen and oxygen atoms in total. The lowest BCUT2D eigenvalue weighted by molar-refractivity contribution is -0.0231. The summed E-state index contributed by atoms with van der Waals surface area (Å²) >= 11 is 0. The van der Waals surface area contributed by atoms with Gasteiger partial charge in [-0.3, -0.25) is 4.79 Å². The first-order valence-corrected chi connectivity index (χ1v) is 7.37. The number of ketones is 1. The van der Waals surface area contributed by atoms with Crippen LogP contribution in [0.4, 0.5) is 0 Å². The van der Waals surface area contributed by atoms with E-state index in [1.807, 2.05) is 12.1 Å². The molecule has 0 saturated carbocycles. The van der Waals surface area contributed by atoms with Crippen molar-refractivity contribution in [3.63, 3.8) is 0 Å². The van der Waals surface area contributed by atoms with E-state index in [1.54, 1.807) is 20.8 Å². The molecule has 21 heavy (non-hydrogen) atoms. The molecule has 1 aromatic carbocycles. The van der Waals surface area contributed by atoms with E-state index >= 15 is 0 Å². The Balaban J connectivity index is 2.43. The fourth-order valence-corrected chi connectivity index (χ4v) is 2.50. The predicted octanol–water partition coefficient (Wildman–Crippen LogP) is 3.47. The second kappa shape index (κ2) is 5.64. The highest BCUT2D eigenvalue weighted by atomic mass is 16.5. The quantitative estimate of drug-likeness (QED) is 0.681. The Hall–Kier alpha value is -1.61. The molecule has 114 valence electrons. The monoisotopic (exact) mass is 288 g/mol. The summed E-state index contributed by atoms with van der Waals surface area (Å²) in [6.07, 6.45) is 3.24. The van der Waals surface area contributed by atoms with Gasteiger partial charge in [0.25, 0.3) is 0 Å². The lowest BCUT2D eigenvalue weighted by atomic mass is 9.94. The first kappa shape index (κ1) is 15.8. The van der Waals surface area contributed by atoms with E-state index in [1.165, 1.54) is 5.57 Å². The van der Waals surface area contributed by atoms with E-state index in [0.29, 0.717) is 12.0 Å². The molecular weight excluding hydrogens is 264 g/mol. The van der Waals surface area contributed by atoms with Crippen LogP contribution in [0.2, 0.25) is 0 Å². The maximum Gasteiger partial charge on any atom is 0.159 e. The van der Waals surface area contributed by atoms with Gasteiger partial charge in [0, 0.05) is 12.0 Å². The van der Waals surface area contributed by atoms with Crippen LogP contribution in [0.3, 0.4) is 0 Å². The molecule has 0 fully saturated rings. The van der Waals surface area contributed by atoms with Crippen molar-refractivity contribution in [2.24, 2.45) is 0 Å². The maximum absolute atomic E-state index is 11.7. The zero-order valence-corrected chi connectivity index (χ0v) is 13.5. The number of benzene rings is 1. The molecule has 0 aliphatic carbocycles. The zero-order valence-electron chi connectivity index (χ0n) is 13.5. The summed E-state index contributed by atoms with van der Waals surface area (Å²) < 4.78 is 5.98. The summed E-state index contributed by atoms with van der Waals surface area (Å²) in [5.41, 5.74) is 3.08. The van der Waals surface area contributed by atoms with Crippen LogP contribution in [0.15, 0.2) is 23.8 Å². The van der Waals surface area contributed by atoms with Gasteiger partial charge in [0.1, 0.15) is 11.9 Å². The van der Waals surface area contributed by atoms with Crippen molar-refractivity contribution >= 4 is 5.78 Å². The smallest absolute Gasteiger partial charge is 0.159 e. The molecule has 2 rings (SSSR count). The number of carbonyl (C=O) groups is 1. The van der Waals surface area contributed by atoms with Gasteiger partial charge < -0.3 is 9.84 Å². The van der Waals surface area contributed by atoms with Gasteiger partial charge in [-0.2, -0.15) is 0 Å². The van der Waals surface area contributed by atoms with Crippen molar-refractivity contribution in [3.05, 3.63) is 40.5 Å². The number of hydrogen-bond acceptors (Lipinski definition) is 3. The summed E-state index contributed by atoms with van der Waals surface area (Å²) in [5, 5.41) is 10.2. The van der Waals surface area contributed by atoms with Gasteiger partial charge in [-0.25, -0.2) is 0 Å². The Morgan fingerprint density at radius 2 is 2.05 bits per heavy atom. The zero-order chi connectivity index (χ0) is 15.8. The maximum atomic E-state index is 11.7. The molecule has 1 N–H and O–H groups in total. The molecule has 1 aliphatic rings. The summed E-state index contributed by atoms with van der Waals surface area (Å²) in [4.78, 5) is 11.7. The van der Waals surface area contributed by atoms with Crippen molar-refractivity contribution in [1.29, 1.82) is 0 Å². The van der Waals surface area contributed by atoms with Gasteiger partial charge in [-0.15, -0.1) is 0 Å². The molecule has 1 heterocycles. The normalized spacial score (nSPS) is 17.1. The van der Waals surface area contributed by atoms with Gasteiger partial charge in [0.2, 0.25) is 0 Å². The minimum absolute atomic E-state index is 0.0583. The number of hydrogen-bond donors (Lipinski definition) is 1. The fraction of sp³-hybridized carbons (Fsp3) is 0.500. The van der Waals surface area contributed by atoms with Crippen LogP contribution in [0.25, 0.3) is 0 Å². The molecule has 0 unspecified atom stereocenters. The first-order chi connectivity index (χ1) is 9.68. The van der Waals surface area contributed by atoms with Crippen LogP contribution in [0.5, 0.6) is 5.75 Å². The number of allylic oxidation sites excluding steroid dienone is 2. The number of ether oxygens (including phenoxy) is 1. The van der Waals surface area contributed by atoms with Crippen LogP contribution in [-0.4, -0.2) is 22.6 Å². The standard InChI is InChI=1S/C18H24O3/c1-11(2)6-7-13-8-14(12(3)19)9-15-10-16(18(4,5)20)21-17(13)15/h6,8-9,16,20H,7,10H2,1-5H3/t16-/m0/s1. The van der Waals surface area contributed by atoms with E-state index in [0.717, 1.165) is 23.3 Å². The Labute approximate surface area is 126 Å². The number of carbonyl (C=O) groups excluding carboxylic acids is 1. The third-order valence-electron chi connectivity index (χ3n) is 3.83. The third-order valence-corrected chi connectivity index (χ3v) is 3.83. The lowest BCUT2D eigenvalue weighted by Gasteiger charge is -2.24. The fourth-order valence-electron chi connectivity index (χ4n) is 2.50. The highest BCUT2D eigenvalue weighted by Crippen LogP contribution is 2.37. The summed E-state index contributed by atoms with van der Waals surface area (Å²) in [6.45, 7) is 9.19. The summed E-state index contributed by atoms with van der Waals surface area (Å²) in [5.74, 6) is 0.896. The van der Waals surface area contributed by atoms with E-state index < -0.39 is 5.60 Å². The largest absolute Gasteiger partial charge is 0.487 e. The number of aliphatic hydroxyl groups is 1. The van der Waals surface area contributed by atoms with E-state index in [9.17, 15) is 9.90 Å². The molecule has 0 aromatic heterocycles. The average molecular weight is 288 g/mol. The van der Waals surface area contributed by atoms with Crippen molar-refractivity contribution in [3.8, 4) is 5.75 Å². The molecule has 0 spiro atoms. The molecule has 0 saturated heterocycles. The number of rotatable bonds is 4. The topological polar surface area (TPSA) is 46.5 Å². The van der Waals surface area contributed by atoms with Crippen LogP contribution >= 0.6 is 0 Å². The molecule has 0 bridgehead atoms. The van der Waals surface area contributed by atoms with Gasteiger partial charge in [0.15, 0.2) is 5.78 Å². The first-order valence-electron chi connectivity index (χ1n) is 7.37. The molecule has 1 aliphatic heterocycles. The molecular formula is C18H24O3. The minimum atomic E-state index is -0.900. The number of Topliss-reactive ketones (excluding diaryl/α,β-unsaturated/α-hetero) is 1. The minimum Gasteiger partial charge on any atom is -0.487 e. The van der Waals surface area contributed by atoms with Crippen LogP contribution in [-0.2, 0) is 12.8 Å². The lowest BCUT2D eigenvalue weighted by Crippen LogP contribution is -2.39. The number of fused-ring (bicyclic) bond motifs is 1. The predicted molar refractivity (Wildman–Crippen MR) is 84.0 cm³/mol. The third kappa shape index (κ3) is 3.53. The summed E-state index contributed by atoms with van der Waals surface area (Å²) in [6, 6.07) is 3.81. The Morgan fingerprint density at radius 3 is 2.57 bits per heavy atom. The SMILES string of the molecule is CC(=O)c1cc(CC=C(C)C)c2c(c1)C[C@@H](C(C)(C)O)O2. The van der Waals surface area contributed by atoms with Gasteiger partial charge >= 0.3 is 0 Å². The van der Waals surface area contributed by atoms with Crippen molar-refractivity contribution in [2.45, 2.75) is 59.2 Å². The molecule has 0 radical (unpaired) electrons. The van der Waals surface area contributed by atoms with E-state index in [4.69, 9.17) is 4.74 Å². The Morgan fingerprint density at radius 1 is 1.38 bits per heavy atom. The van der Waals surface area contributed by atoms with Crippen LogP contribution < -0.4 is 4.74 Å². The Kier molecular flexibility index (Phi) is 4.24.